The molecule has 0 aliphatic rings. The van der Waals surface area contributed by atoms with Gasteiger partial charge in [-0.2, -0.15) is 0 Å². The summed E-state index contributed by atoms with van der Waals surface area (Å²) in [5.41, 5.74) is -0.0388. The molecule has 31 heavy (non-hydrogen) atoms. The molecule has 0 fully saturated rings. The Morgan fingerprint density at radius 1 is 0.806 bits per heavy atom. The molecule has 0 aliphatic heterocycles. The minimum atomic E-state index is -0.584. The highest BCUT2D eigenvalue weighted by atomic mass is 16.6. The van der Waals surface area contributed by atoms with Gasteiger partial charge in [0.05, 0.1) is 34.4 Å². The summed E-state index contributed by atoms with van der Waals surface area (Å²) >= 11 is 0. The third-order valence-corrected chi connectivity index (χ3v) is 3.77. The third-order valence-electron chi connectivity index (χ3n) is 3.77. The van der Waals surface area contributed by atoms with Crippen molar-refractivity contribution in [1.29, 1.82) is 0 Å². The Morgan fingerprint density at radius 3 is 1.52 bits per heavy atom. The van der Waals surface area contributed by atoms with Crippen LogP contribution in [0.15, 0.2) is 36.4 Å². The van der Waals surface area contributed by atoms with Crippen LogP contribution >= 0.6 is 0 Å². The van der Waals surface area contributed by atoms with Crippen molar-refractivity contribution in [2.24, 2.45) is 0 Å². The highest BCUT2D eigenvalue weighted by Gasteiger charge is 2.14. The number of nitro groups is 2. The Balaban J connectivity index is 1.98. The summed E-state index contributed by atoms with van der Waals surface area (Å²) in [5.74, 6) is -0.292. The van der Waals surface area contributed by atoms with E-state index in [-0.39, 0.29) is 47.5 Å². The maximum Gasteiger partial charge on any atom is 0.271 e. The number of nitro benzene ring substituents is 2. The van der Waals surface area contributed by atoms with Gasteiger partial charge >= 0.3 is 0 Å². The van der Waals surface area contributed by atoms with E-state index in [0.717, 1.165) is 0 Å². The molecule has 0 bridgehead atoms. The van der Waals surface area contributed by atoms with E-state index < -0.39 is 21.7 Å². The van der Waals surface area contributed by atoms with Crippen molar-refractivity contribution in [3.63, 3.8) is 0 Å². The Morgan fingerprint density at radius 2 is 1.19 bits per heavy atom. The maximum atomic E-state index is 11.3. The van der Waals surface area contributed by atoms with Crippen LogP contribution in [0.5, 0.6) is 11.5 Å². The van der Waals surface area contributed by atoms with Gasteiger partial charge in [0.25, 0.3) is 11.4 Å². The first-order valence-corrected chi connectivity index (χ1v) is 9.05. The number of non-ortho nitro benzene ring substituents is 2. The fourth-order valence-electron chi connectivity index (χ4n) is 2.51. The van der Waals surface area contributed by atoms with E-state index in [4.69, 9.17) is 9.47 Å². The summed E-state index contributed by atoms with van der Waals surface area (Å²) in [4.78, 5) is 43.3. The van der Waals surface area contributed by atoms with Gasteiger partial charge in [-0.1, -0.05) is 0 Å². The van der Waals surface area contributed by atoms with Crippen LogP contribution in [-0.2, 0) is 9.59 Å². The van der Waals surface area contributed by atoms with E-state index in [2.05, 4.69) is 10.6 Å². The first kappa shape index (κ1) is 23.1. The molecule has 2 aromatic rings. The lowest BCUT2D eigenvalue weighted by atomic mass is 10.2. The van der Waals surface area contributed by atoms with Gasteiger partial charge in [0.15, 0.2) is 0 Å². The summed E-state index contributed by atoms with van der Waals surface area (Å²) in [7, 11) is 0. The summed E-state index contributed by atoms with van der Waals surface area (Å²) in [5, 5.41) is 26.8. The number of nitrogens with zero attached hydrogens (tertiary/aromatic N) is 2. The maximum absolute atomic E-state index is 11.3. The van der Waals surface area contributed by atoms with Gasteiger partial charge in [-0.25, -0.2) is 0 Å². The second-order valence-electron chi connectivity index (χ2n) is 6.29. The lowest BCUT2D eigenvalue weighted by Gasteiger charge is -2.13. The zero-order valence-electron chi connectivity index (χ0n) is 16.7. The van der Waals surface area contributed by atoms with Crippen LogP contribution in [-0.4, -0.2) is 34.9 Å². The van der Waals surface area contributed by atoms with Crippen LogP contribution < -0.4 is 20.1 Å². The number of nitrogens with one attached hydrogen (secondary N) is 2. The number of carbonyl (C=O) groups excluding carboxylic acids is 2. The Hall–Kier alpha value is -4.22. The standard InChI is InChI=1S/C19H20N4O8/c1-12(24)20-16-10-14(22(26)27)4-6-18(16)30-8-3-9-31-19-7-5-15(23(28)29)11-17(19)21-13(2)25/h4-7,10-11H,3,8-9H2,1-2H3,(H,20,24)(H,21,25). The van der Waals surface area contributed by atoms with Crippen molar-refractivity contribution < 1.29 is 28.9 Å². The van der Waals surface area contributed by atoms with E-state index in [1.54, 1.807) is 0 Å². The van der Waals surface area contributed by atoms with Crippen molar-refractivity contribution >= 4 is 34.6 Å². The Kier molecular flexibility index (Phi) is 7.83. The molecule has 12 nitrogen and oxygen atoms in total. The normalized spacial score (nSPS) is 10.1. The van der Waals surface area contributed by atoms with Crippen LogP contribution in [0.4, 0.5) is 22.7 Å². The molecule has 0 aliphatic carbocycles. The van der Waals surface area contributed by atoms with Gasteiger partial charge in [-0.3, -0.25) is 29.8 Å². The smallest absolute Gasteiger partial charge is 0.271 e. The number of hydrogen-bond acceptors (Lipinski definition) is 8. The third kappa shape index (κ3) is 6.96. The average Bonchev–Trinajstić information content (AvgIpc) is 2.68. The monoisotopic (exact) mass is 432 g/mol. The predicted molar refractivity (Wildman–Crippen MR) is 110 cm³/mol. The van der Waals surface area contributed by atoms with Crippen LogP contribution in [0.3, 0.4) is 0 Å². The Bertz CT molecular complexity index is 929. The molecule has 0 heterocycles. The molecule has 0 saturated carbocycles. The van der Waals surface area contributed by atoms with E-state index >= 15 is 0 Å². The first-order valence-electron chi connectivity index (χ1n) is 9.05. The van der Waals surface area contributed by atoms with E-state index in [9.17, 15) is 29.8 Å². The zero-order valence-corrected chi connectivity index (χ0v) is 16.7. The highest BCUT2D eigenvalue weighted by Crippen LogP contribution is 2.30. The molecule has 2 N–H and O–H groups in total. The summed E-state index contributed by atoms with van der Waals surface area (Å²) < 4.78 is 11.2. The second kappa shape index (κ2) is 10.5. The molecule has 0 unspecified atom stereocenters. The van der Waals surface area contributed by atoms with Crippen LogP contribution in [0, 0.1) is 20.2 Å². The van der Waals surface area contributed by atoms with Gasteiger partial charge < -0.3 is 20.1 Å². The fourth-order valence-corrected chi connectivity index (χ4v) is 2.51. The minimum Gasteiger partial charge on any atom is -0.491 e. The number of carbonyl (C=O) groups is 2. The molecular formula is C19H20N4O8. The SMILES string of the molecule is CC(=O)Nc1cc([N+](=O)[O-])ccc1OCCCOc1ccc([N+](=O)[O-])cc1NC(C)=O. The quantitative estimate of drug-likeness (QED) is 0.328. The zero-order chi connectivity index (χ0) is 23.0. The largest absolute Gasteiger partial charge is 0.491 e. The number of hydrogen-bond donors (Lipinski definition) is 2. The number of anilines is 2. The van der Waals surface area contributed by atoms with E-state index in [0.29, 0.717) is 6.42 Å². The van der Waals surface area contributed by atoms with E-state index in [1.807, 2.05) is 0 Å². The summed E-state index contributed by atoms with van der Waals surface area (Å²) in [6.45, 7) is 2.86. The van der Waals surface area contributed by atoms with Crippen molar-refractivity contribution in [2.75, 3.05) is 23.8 Å². The lowest BCUT2D eigenvalue weighted by Crippen LogP contribution is -2.11. The van der Waals surface area contributed by atoms with Gasteiger partial charge in [0.2, 0.25) is 11.8 Å². The van der Waals surface area contributed by atoms with Crippen molar-refractivity contribution in [3.8, 4) is 11.5 Å². The van der Waals surface area contributed by atoms with Crippen molar-refractivity contribution in [3.05, 3.63) is 56.6 Å². The van der Waals surface area contributed by atoms with Gasteiger partial charge in [-0.05, 0) is 12.1 Å². The van der Waals surface area contributed by atoms with Gasteiger partial charge in [-0.15, -0.1) is 0 Å². The molecular weight excluding hydrogens is 412 g/mol. The number of ether oxygens (including phenoxy) is 2. The number of rotatable bonds is 10. The van der Waals surface area contributed by atoms with Gasteiger partial charge in [0, 0.05) is 44.5 Å². The second-order valence-corrected chi connectivity index (χ2v) is 6.29. The summed E-state index contributed by atoms with van der Waals surface area (Å²) in [6.07, 6.45) is 0.382. The molecule has 0 atom stereocenters. The average molecular weight is 432 g/mol. The predicted octanol–water partition coefficient (Wildman–Crippen LogP) is 3.27. The van der Waals surface area contributed by atoms with Crippen LogP contribution in [0.2, 0.25) is 0 Å². The van der Waals surface area contributed by atoms with E-state index in [1.165, 1.54) is 50.2 Å². The van der Waals surface area contributed by atoms with Crippen molar-refractivity contribution in [2.45, 2.75) is 20.3 Å². The highest BCUT2D eigenvalue weighted by molar-refractivity contribution is 5.91. The van der Waals surface area contributed by atoms with Gasteiger partial charge in [0.1, 0.15) is 11.5 Å². The molecule has 0 aromatic heterocycles. The molecule has 2 rings (SSSR count). The molecule has 2 amide bonds. The molecule has 0 radical (unpaired) electrons. The molecule has 164 valence electrons. The summed E-state index contributed by atoms with van der Waals surface area (Å²) in [6, 6.07) is 7.68. The van der Waals surface area contributed by atoms with Crippen molar-refractivity contribution in [1.82, 2.24) is 0 Å². The van der Waals surface area contributed by atoms with Crippen LogP contribution in [0.25, 0.3) is 0 Å². The number of benzene rings is 2. The molecule has 12 heteroatoms. The molecule has 2 aromatic carbocycles. The Labute approximate surface area is 176 Å². The molecule has 0 spiro atoms. The fraction of sp³-hybridized carbons (Fsp3) is 0.263. The molecule has 0 saturated heterocycles. The number of amides is 2. The first-order chi connectivity index (χ1) is 14.7. The lowest BCUT2D eigenvalue weighted by molar-refractivity contribution is -0.385. The van der Waals surface area contributed by atoms with Crippen LogP contribution in [0.1, 0.15) is 20.3 Å². The topological polar surface area (TPSA) is 163 Å². The minimum absolute atomic E-state index is 0.160.